The largest absolute Gasteiger partial charge is 0.311 e. The Morgan fingerprint density at radius 2 is 0.784 bits per heavy atom. The monoisotopic (exact) mass is 648 g/mol. The molecule has 0 unspecified atom stereocenters. The summed E-state index contributed by atoms with van der Waals surface area (Å²) >= 11 is 0. The summed E-state index contributed by atoms with van der Waals surface area (Å²) in [6.45, 7) is 0. The fourth-order valence-corrected chi connectivity index (χ4v) is 7.65. The molecule has 1 heterocycles. The second-order valence-electron chi connectivity index (χ2n) is 13.2. The van der Waals surface area contributed by atoms with Crippen LogP contribution in [0.4, 0.5) is 17.1 Å². The molecule has 51 heavy (non-hydrogen) atoms. The summed E-state index contributed by atoms with van der Waals surface area (Å²) in [5.41, 5.74) is 16.3. The number of anilines is 3. The number of nitrogens with zero attached hydrogens (tertiary/aromatic N) is 2. The Morgan fingerprint density at radius 1 is 0.314 bits per heavy atom. The van der Waals surface area contributed by atoms with Crippen molar-refractivity contribution >= 4 is 38.7 Å². The van der Waals surface area contributed by atoms with Gasteiger partial charge in [-0.15, -0.1) is 0 Å². The van der Waals surface area contributed by atoms with Gasteiger partial charge in [0.25, 0.3) is 0 Å². The molecule has 10 rings (SSSR count). The normalized spacial score (nSPS) is 11.5. The molecule has 0 amide bonds. The van der Waals surface area contributed by atoms with Crippen molar-refractivity contribution in [2.45, 2.75) is 0 Å². The minimum absolute atomic E-state index is 1.02. The summed E-state index contributed by atoms with van der Waals surface area (Å²) in [7, 11) is 0. The number of aromatic nitrogens is 1. The first-order valence-corrected chi connectivity index (χ1v) is 17.5. The molecule has 1 aromatic heterocycles. The third-order valence-electron chi connectivity index (χ3n) is 10.2. The zero-order chi connectivity index (χ0) is 33.7. The smallest absolute Gasteiger partial charge is 0.0794 e. The molecule has 0 N–H and O–H groups in total. The van der Waals surface area contributed by atoms with Gasteiger partial charge in [0.2, 0.25) is 0 Å². The van der Waals surface area contributed by atoms with Crippen molar-refractivity contribution in [3.8, 4) is 55.8 Å². The molecular weight excluding hydrogens is 617 g/mol. The zero-order valence-corrected chi connectivity index (χ0v) is 27.9. The Kier molecular flexibility index (Phi) is 6.85. The van der Waals surface area contributed by atoms with Crippen molar-refractivity contribution in [2.75, 3.05) is 4.90 Å². The maximum atomic E-state index is 5.18. The number of benzene rings is 8. The predicted molar refractivity (Wildman–Crippen MR) is 215 cm³/mol. The molecule has 2 heteroatoms. The van der Waals surface area contributed by atoms with Crippen LogP contribution in [0.15, 0.2) is 194 Å². The lowest BCUT2D eigenvalue weighted by Gasteiger charge is -2.26. The van der Waals surface area contributed by atoms with Crippen LogP contribution >= 0.6 is 0 Å². The number of fused-ring (bicyclic) bond motifs is 4. The molecule has 0 saturated carbocycles. The molecule has 2 nitrogen and oxygen atoms in total. The SMILES string of the molecule is c1ccc(-c2ccc(N(c3ccc(-c4ccccc4)cc3)c3ccc(-c4ccc5nc6c(cc5c4)-c4cccc5cccc-6c45)cc3)cc2)cc1. The first kappa shape index (κ1) is 29.2. The van der Waals surface area contributed by atoms with Crippen LogP contribution in [0.3, 0.4) is 0 Å². The second kappa shape index (κ2) is 12.0. The number of pyridine rings is 1. The molecule has 0 fully saturated rings. The molecule has 0 spiro atoms. The quantitative estimate of drug-likeness (QED) is 0.178. The molecule has 0 aliphatic heterocycles. The van der Waals surface area contributed by atoms with E-state index in [4.69, 9.17) is 4.98 Å². The van der Waals surface area contributed by atoms with E-state index in [-0.39, 0.29) is 0 Å². The number of rotatable bonds is 6. The van der Waals surface area contributed by atoms with Crippen LogP contribution in [-0.4, -0.2) is 4.98 Å². The lowest BCUT2D eigenvalue weighted by Crippen LogP contribution is -2.09. The molecule has 9 aromatic rings. The second-order valence-corrected chi connectivity index (χ2v) is 13.2. The van der Waals surface area contributed by atoms with E-state index < -0.39 is 0 Å². The highest BCUT2D eigenvalue weighted by Crippen LogP contribution is 2.47. The topological polar surface area (TPSA) is 16.1 Å². The molecule has 1 aliphatic rings. The summed E-state index contributed by atoms with van der Waals surface area (Å²) in [5, 5.41) is 3.72. The minimum atomic E-state index is 1.02. The van der Waals surface area contributed by atoms with Gasteiger partial charge in [-0.2, -0.15) is 0 Å². The van der Waals surface area contributed by atoms with E-state index in [9.17, 15) is 0 Å². The van der Waals surface area contributed by atoms with Gasteiger partial charge in [0.15, 0.2) is 0 Å². The van der Waals surface area contributed by atoms with E-state index in [1.165, 1.54) is 60.8 Å². The molecule has 0 saturated heterocycles. The summed E-state index contributed by atoms with van der Waals surface area (Å²) in [4.78, 5) is 7.51. The fraction of sp³-hybridized carbons (Fsp3) is 0. The van der Waals surface area contributed by atoms with Crippen molar-refractivity contribution < 1.29 is 0 Å². The molecule has 238 valence electrons. The van der Waals surface area contributed by atoms with Crippen LogP contribution < -0.4 is 4.90 Å². The van der Waals surface area contributed by atoms with Gasteiger partial charge in [-0.05, 0) is 104 Å². The summed E-state index contributed by atoms with van der Waals surface area (Å²) < 4.78 is 0. The highest BCUT2D eigenvalue weighted by molar-refractivity contribution is 6.15. The summed E-state index contributed by atoms with van der Waals surface area (Å²) in [6.07, 6.45) is 0. The summed E-state index contributed by atoms with van der Waals surface area (Å²) in [5.74, 6) is 0. The molecule has 0 radical (unpaired) electrons. The molecule has 1 aliphatic carbocycles. The van der Waals surface area contributed by atoms with Crippen LogP contribution in [0, 0.1) is 0 Å². The minimum Gasteiger partial charge on any atom is -0.311 e. The van der Waals surface area contributed by atoms with Crippen LogP contribution in [0.25, 0.3) is 77.4 Å². The molecule has 0 atom stereocenters. The maximum absolute atomic E-state index is 5.18. The van der Waals surface area contributed by atoms with Crippen molar-refractivity contribution in [1.29, 1.82) is 0 Å². The van der Waals surface area contributed by atoms with Gasteiger partial charge in [0.05, 0.1) is 11.2 Å². The first-order chi connectivity index (χ1) is 25.3. The average molecular weight is 649 g/mol. The van der Waals surface area contributed by atoms with E-state index in [0.717, 1.165) is 33.7 Å². The highest BCUT2D eigenvalue weighted by Gasteiger charge is 2.23. The number of hydrogen-bond acceptors (Lipinski definition) is 2. The van der Waals surface area contributed by atoms with Crippen molar-refractivity contribution in [3.05, 3.63) is 194 Å². The fourth-order valence-electron chi connectivity index (χ4n) is 7.65. The van der Waals surface area contributed by atoms with Crippen molar-refractivity contribution in [3.63, 3.8) is 0 Å². The third-order valence-corrected chi connectivity index (χ3v) is 10.2. The molecular formula is C49H32N2. The lowest BCUT2D eigenvalue weighted by atomic mass is 10.00. The van der Waals surface area contributed by atoms with Gasteiger partial charge < -0.3 is 4.90 Å². The highest BCUT2D eigenvalue weighted by atomic mass is 15.1. The van der Waals surface area contributed by atoms with E-state index in [0.29, 0.717) is 0 Å². The van der Waals surface area contributed by atoms with E-state index in [1.54, 1.807) is 0 Å². The van der Waals surface area contributed by atoms with Gasteiger partial charge in [-0.25, -0.2) is 4.98 Å². The average Bonchev–Trinajstić information content (AvgIpc) is 3.52. The molecule has 8 aromatic carbocycles. The van der Waals surface area contributed by atoms with E-state index in [1.807, 2.05) is 0 Å². The van der Waals surface area contributed by atoms with Crippen LogP contribution in [0.5, 0.6) is 0 Å². The number of hydrogen-bond donors (Lipinski definition) is 0. The third kappa shape index (κ3) is 5.08. The standard InChI is InChI=1S/C49H32N2/c1-3-9-33(10-4-1)35-17-24-41(25-18-35)51(42-26-19-36(20-27-42)34-11-5-2-6-12-34)43-28-21-37(22-29-43)39-23-30-47-40(31-39)32-46-44-15-7-13-38-14-8-16-45(48(38)44)49(46)50-47/h1-32H. The Bertz CT molecular complexity index is 2610. The van der Waals surface area contributed by atoms with Crippen LogP contribution in [0.1, 0.15) is 0 Å². The first-order valence-electron chi connectivity index (χ1n) is 17.5. The van der Waals surface area contributed by atoms with Gasteiger partial charge in [0, 0.05) is 33.6 Å². The van der Waals surface area contributed by atoms with Gasteiger partial charge in [-0.1, -0.05) is 140 Å². The summed E-state index contributed by atoms with van der Waals surface area (Å²) in [6, 6.07) is 69.8. The maximum Gasteiger partial charge on any atom is 0.0794 e. The Balaban J connectivity index is 1.01. The van der Waals surface area contributed by atoms with E-state index >= 15 is 0 Å². The lowest BCUT2D eigenvalue weighted by molar-refractivity contribution is 1.28. The van der Waals surface area contributed by atoms with Crippen molar-refractivity contribution in [1.82, 2.24) is 4.98 Å². The van der Waals surface area contributed by atoms with Crippen LogP contribution in [0.2, 0.25) is 0 Å². The van der Waals surface area contributed by atoms with Crippen molar-refractivity contribution in [2.24, 2.45) is 0 Å². The van der Waals surface area contributed by atoms with E-state index in [2.05, 4.69) is 199 Å². The Labute approximate surface area is 297 Å². The molecule has 0 bridgehead atoms. The van der Waals surface area contributed by atoms with Gasteiger partial charge in [-0.3, -0.25) is 0 Å². The van der Waals surface area contributed by atoms with Crippen LogP contribution in [-0.2, 0) is 0 Å². The predicted octanol–water partition coefficient (Wildman–Crippen LogP) is 13.5. The van der Waals surface area contributed by atoms with Gasteiger partial charge >= 0.3 is 0 Å². The van der Waals surface area contributed by atoms with Gasteiger partial charge in [0.1, 0.15) is 0 Å². The zero-order valence-electron chi connectivity index (χ0n) is 27.9. The Morgan fingerprint density at radius 3 is 1.33 bits per heavy atom. The Hall–Kier alpha value is -6.77.